The zero-order valence-electron chi connectivity index (χ0n) is 10.2. The lowest BCUT2D eigenvalue weighted by Crippen LogP contribution is -2.42. The number of hydrogen-bond acceptors (Lipinski definition) is 2. The highest BCUT2D eigenvalue weighted by atomic mass is 79.9. The molecule has 0 saturated carbocycles. The molecule has 0 amide bonds. The summed E-state index contributed by atoms with van der Waals surface area (Å²) >= 11 is 9.06. The number of piperidine rings is 1. The molecule has 0 spiro atoms. The number of hydrogen-bond donors (Lipinski definition) is 1. The van der Waals surface area contributed by atoms with E-state index in [0.717, 1.165) is 19.6 Å². The molecule has 2 rings (SSSR count). The van der Waals surface area contributed by atoms with Crippen molar-refractivity contribution in [2.75, 3.05) is 19.6 Å². The maximum Gasteiger partial charge on any atom is 0.149 e. The molecule has 100 valence electrons. The van der Waals surface area contributed by atoms with Crippen molar-refractivity contribution in [2.45, 2.75) is 25.4 Å². The summed E-state index contributed by atoms with van der Waals surface area (Å²) in [5, 5.41) is 10.7. The first-order valence-corrected chi connectivity index (χ1v) is 7.24. The van der Waals surface area contributed by atoms with Crippen LogP contribution < -0.4 is 0 Å². The predicted molar refractivity (Wildman–Crippen MR) is 74.4 cm³/mol. The van der Waals surface area contributed by atoms with Gasteiger partial charge >= 0.3 is 0 Å². The van der Waals surface area contributed by atoms with Crippen LogP contribution >= 0.6 is 27.5 Å². The monoisotopic (exact) mass is 335 g/mol. The van der Waals surface area contributed by atoms with Gasteiger partial charge in [-0.05, 0) is 41.4 Å². The summed E-state index contributed by atoms with van der Waals surface area (Å²) in [6.45, 7) is 4.60. The Balaban J connectivity index is 2.29. The number of likely N-dealkylation sites (tertiary alicyclic amines) is 1. The van der Waals surface area contributed by atoms with Gasteiger partial charge in [-0.2, -0.15) is 0 Å². The predicted octanol–water partition coefficient (Wildman–Crippen LogP) is 3.54. The summed E-state index contributed by atoms with van der Waals surface area (Å²) < 4.78 is 14.6. The summed E-state index contributed by atoms with van der Waals surface area (Å²) in [7, 11) is 0. The van der Waals surface area contributed by atoms with E-state index in [2.05, 4.69) is 27.8 Å². The van der Waals surface area contributed by atoms with E-state index >= 15 is 0 Å². The SMILES string of the molecule is CCN1CCC(O)(c2ccc(Br)c(Cl)c2F)CC1. The topological polar surface area (TPSA) is 23.5 Å². The van der Waals surface area contributed by atoms with Crippen LogP contribution in [0.3, 0.4) is 0 Å². The van der Waals surface area contributed by atoms with Crippen molar-refractivity contribution in [3.63, 3.8) is 0 Å². The largest absolute Gasteiger partial charge is 0.385 e. The smallest absolute Gasteiger partial charge is 0.149 e. The third-order valence-corrected chi connectivity index (χ3v) is 4.93. The van der Waals surface area contributed by atoms with Gasteiger partial charge in [0.1, 0.15) is 5.82 Å². The molecular weight excluding hydrogens is 321 g/mol. The van der Waals surface area contributed by atoms with Gasteiger partial charge in [-0.25, -0.2) is 4.39 Å². The fourth-order valence-electron chi connectivity index (χ4n) is 2.39. The number of nitrogens with zero attached hydrogens (tertiary/aromatic N) is 1. The lowest BCUT2D eigenvalue weighted by Gasteiger charge is -2.38. The Kier molecular flexibility index (Phi) is 4.32. The second-order valence-corrected chi connectivity index (χ2v) is 5.92. The fourth-order valence-corrected chi connectivity index (χ4v) is 2.86. The molecule has 0 aliphatic carbocycles. The number of benzene rings is 1. The van der Waals surface area contributed by atoms with Gasteiger partial charge in [0.15, 0.2) is 0 Å². The fraction of sp³-hybridized carbons (Fsp3) is 0.538. The van der Waals surface area contributed by atoms with Crippen LogP contribution in [0.15, 0.2) is 16.6 Å². The molecule has 0 atom stereocenters. The van der Waals surface area contributed by atoms with Crippen molar-refractivity contribution >= 4 is 27.5 Å². The minimum atomic E-state index is -1.10. The first-order valence-electron chi connectivity index (χ1n) is 6.06. The van der Waals surface area contributed by atoms with E-state index < -0.39 is 11.4 Å². The molecule has 1 heterocycles. The normalized spacial score (nSPS) is 20.1. The Morgan fingerprint density at radius 3 is 2.61 bits per heavy atom. The highest BCUT2D eigenvalue weighted by Gasteiger charge is 2.36. The van der Waals surface area contributed by atoms with Crippen LogP contribution in [0, 0.1) is 5.82 Å². The van der Waals surface area contributed by atoms with Gasteiger partial charge in [0.25, 0.3) is 0 Å². The average molecular weight is 337 g/mol. The van der Waals surface area contributed by atoms with Crippen LogP contribution in [0.1, 0.15) is 25.3 Å². The van der Waals surface area contributed by atoms with E-state index in [4.69, 9.17) is 11.6 Å². The quantitative estimate of drug-likeness (QED) is 0.835. The van der Waals surface area contributed by atoms with Crippen LogP contribution in [0.4, 0.5) is 4.39 Å². The Bertz CT molecular complexity index is 447. The summed E-state index contributed by atoms with van der Waals surface area (Å²) in [5.41, 5.74) is -0.786. The first-order chi connectivity index (χ1) is 8.48. The third kappa shape index (κ3) is 2.57. The Morgan fingerprint density at radius 2 is 2.06 bits per heavy atom. The molecule has 5 heteroatoms. The maximum atomic E-state index is 14.1. The van der Waals surface area contributed by atoms with E-state index in [-0.39, 0.29) is 5.02 Å². The molecule has 1 aromatic rings. The zero-order valence-corrected chi connectivity index (χ0v) is 12.6. The molecule has 0 aromatic heterocycles. The molecule has 1 aliphatic rings. The van der Waals surface area contributed by atoms with Crippen molar-refractivity contribution in [3.8, 4) is 0 Å². The maximum absolute atomic E-state index is 14.1. The Hall–Kier alpha value is -0.160. The first kappa shape index (κ1) is 14.3. The number of halogens is 3. The van der Waals surface area contributed by atoms with E-state index in [9.17, 15) is 9.50 Å². The van der Waals surface area contributed by atoms with Gasteiger partial charge in [0.2, 0.25) is 0 Å². The van der Waals surface area contributed by atoms with Crippen LogP contribution in [0.5, 0.6) is 0 Å². The zero-order chi connectivity index (χ0) is 13.3. The summed E-state index contributed by atoms with van der Waals surface area (Å²) in [4.78, 5) is 2.24. The van der Waals surface area contributed by atoms with Gasteiger partial charge < -0.3 is 10.0 Å². The van der Waals surface area contributed by atoms with Crippen LogP contribution in [0.2, 0.25) is 5.02 Å². The second kappa shape index (κ2) is 5.45. The molecular formula is C13H16BrClFNO. The average Bonchev–Trinajstić information content (AvgIpc) is 2.37. The van der Waals surface area contributed by atoms with Crippen molar-refractivity contribution in [1.82, 2.24) is 4.90 Å². The van der Waals surface area contributed by atoms with Crippen LogP contribution in [-0.2, 0) is 5.60 Å². The minimum absolute atomic E-state index is 0.0406. The molecule has 0 unspecified atom stereocenters. The molecule has 1 aromatic carbocycles. The van der Waals surface area contributed by atoms with E-state index in [1.807, 2.05) is 0 Å². The van der Waals surface area contributed by atoms with Crippen molar-refractivity contribution in [2.24, 2.45) is 0 Å². The number of rotatable bonds is 2. The molecule has 1 saturated heterocycles. The molecule has 0 radical (unpaired) electrons. The summed E-state index contributed by atoms with van der Waals surface area (Å²) in [6, 6.07) is 3.30. The summed E-state index contributed by atoms with van der Waals surface area (Å²) in [5.74, 6) is -0.515. The van der Waals surface area contributed by atoms with Gasteiger partial charge in [-0.15, -0.1) is 0 Å². The molecule has 0 bridgehead atoms. The van der Waals surface area contributed by atoms with Gasteiger partial charge in [-0.3, -0.25) is 0 Å². The Labute approximate surface area is 120 Å². The van der Waals surface area contributed by atoms with Crippen LogP contribution in [0.25, 0.3) is 0 Å². The summed E-state index contributed by atoms with van der Waals surface area (Å²) in [6.07, 6.45) is 1.07. The molecule has 1 fully saturated rings. The highest BCUT2D eigenvalue weighted by Crippen LogP contribution is 2.38. The van der Waals surface area contributed by atoms with Crippen molar-refractivity contribution < 1.29 is 9.50 Å². The number of aliphatic hydroxyl groups is 1. The van der Waals surface area contributed by atoms with Gasteiger partial charge in [0.05, 0.1) is 10.6 Å². The van der Waals surface area contributed by atoms with Crippen LogP contribution in [-0.4, -0.2) is 29.6 Å². The van der Waals surface area contributed by atoms with Gasteiger partial charge in [0, 0.05) is 23.1 Å². The van der Waals surface area contributed by atoms with E-state index in [1.54, 1.807) is 12.1 Å². The second-order valence-electron chi connectivity index (χ2n) is 4.69. The van der Waals surface area contributed by atoms with Gasteiger partial charge in [-0.1, -0.05) is 24.6 Å². The van der Waals surface area contributed by atoms with Crippen molar-refractivity contribution in [1.29, 1.82) is 0 Å². The lowest BCUT2D eigenvalue weighted by atomic mass is 9.84. The van der Waals surface area contributed by atoms with Crippen molar-refractivity contribution in [3.05, 3.63) is 33.0 Å². The minimum Gasteiger partial charge on any atom is -0.385 e. The lowest BCUT2D eigenvalue weighted by molar-refractivity contribution is -0.0272. The Morgan fingerprint density at radius 1 is 1.44 bits per heavy atom. The molecule has 2 nitrogen and oxygen atoms in total. The van der Waals surface area contributed by atoms with E-state index in [1.165, 1.54) is 0 Å². The highest BCUT2D eigenvalue weighted by molar-refractivity contribution is 9.10. The molecule has 1 aliphatic heterocycles. The van der Waals surface area contributed by atoms with E-state index in [0.29, 0.717) is 22.9 Å². The standard InChI is InChI=1S/C13H16BrClFNO/c1-2-17-7-5-13(18,6-8-17)9-3-4-10(14)11(15)12(9)16/h3-4,18H,2,5-8H2,1H3. The molecule has 1 N–H and O–H groups in total. The molecule has 18 heavy (non-hydrogen) atoms. The third-order valence-electron chi connectivity index (χ3n) is 3.67.